The van der Waals surface area contributed by atoms with E-state index in [-0.39, 0.29) is 6.29 Å². The number of carbonyl (C=O) groups is 1. The van der Waals surface area contributed by atoms with Gasteiger partial charge in [-0.15, -0.1) is 11.3 Å². The van der Waals surface area contributed by atoms with E-state index in [1.807, 2.05) is 11.0 Å². The topological polar surface area (TPSA) is 51.7 Å². The Labute approximate surface area is 158 Å². The van der Waals surface area contributed by atoms with Crippen molar-refractivity contribution in [3.63, 3.8) is 0 Å². The molecule has 2 saturated heterocycles. The quantitative estimate of drug-likeness (QED) is 0.725. The van der Waals surface area contributed by atoms with Gasteiger partial charge in [0.1, 0.15) is 0 Å². The lowest BCUT2D eigenvalue weighted by molar-refractivity contribution is -0.137. The summed E-state index contributed by atoms with van der Waals surface area (Å²) in [7, 11) is 0. The molecule has 6 heteroatoms. The molecule has 2 aromatic rings. The zero-order chi connectivity index (χ0) is 17.8. The van der Waals surface area contributed by atoms with Crippen LogP contribution in [-0.2, 0) is 20.7 Å². The molecule has 26 heavy (non-hydrogen) atoms. The number of ether oxygens (including phenoxy) is 2. The van der Waals surface area contributed by atoms with E-state index in [1.54, 1.807) is 11.3 Å². The lowest BCUT2D eigenvalue weighted by Crippen LogP contribution is -2.41. The highest BCUT2D eigenvalue weighted by Crippen LogP contribution is 2.26. The lowest BCUT2D eigenvalue weighted by Gasteiger charge is -2.34. The summed E-state index contributed by atoms with van der Waals surface area (Å²) in [4.78, 5) is 19.1. The Bertz CT molecular complexity index is 700. The van der Waals surface area contributed by atoms with E-state index >= 15 is 0 Å². The minimum absolute atomic E-state index is 0.0407. The number of fused-ring (bicyclic) bond motifs is 1. The molecule has 0 unspecified atom stereocenters. The molecule has 5 nitrogen and oxygen atoms in total. The summed E-state index contributed by atoms with van der Waals surface area (Å²) in [6.07, 6.45) is 5.50. The first-order valence-electron chi connectivity index (χ1n) is 9.65. The number of unbranched alkanes of at least 4 members (excludes halogenated alkanes) is 1. The van der Waals surface area contributed by atoms with Gasteiger partial charge in [-0.1, -0.05) is 12.1 Å². The largest absolute Gasteiger partial charge is 0.350 e. The third-order valence-corrected chi connectivity index (χ3v) is 6.39. The fourth-order valence-electron chi connectivity index (χ4n) is 3.81. The molecular weight excluding hydrogens is 348 g/mol. The van der Waals surface area contributed by atoms with E-state index in [1.165, 1.54) is 9.71 Å². The molecule has 0 saturated carbocycles. The van der Waals surface area contributed by atoms with Crippen LogP contribution in [0.25, 0.3) is 10.2 Å². The van der Waals surface area contributed by atoms with Crippen LogP contribution in [0.15, 0.2) is 24.3 Å². The summed E-state index contributed by atoms with van der Waals surface area (Å²) in [5.41, 5.74) is 1.08. The standard InChI is InChI=1S/C20H26N2O3S/c23-19(22-11-9-15(10-12-22)20-24-13-14-25-20)8-4-3-7-18-21-16-5-1-2-6-17(16)26-18/h1-2,5-6,15,20H,3-4,7-14H2. The van der Waals surface area contributed by atoms with Crippen molar-refractivity contribution in [3.8, 4) is 0 Å². The Balaban J connectivity index is 1.16. The maximum atomic E-state index is 12.4. The van der Waals surface area contributed by atoms with Crippen molar-refractivity contribution in [1.82, 2.24) is 9.88 Å². The van der Waals surface area contributed by atoms with Crippen molar-refractivity contribution in [2.24, 2.45) is 5.92 Å². The smallest absolute Gasteiger partial charge is 0.222 e. The second kappa shape index (κ2) is 8.46. The molecule has 0 spiro atoms. The van der Waals surface area contributed by atoms with Gasteiger partial charge in [0.15, 0.2) is 6.29 Å². The van der Waals surface area contributed by atoms with Crippen LogP contribution in [0.3, 0.4) is 0 Å². The van der Waals surface area contributed by atoms with Gasteiger partial charge < -0.3 is 14.4 Å². The number of nitrogens with zero attached hydrogens (tertiary/aromatic N) is 2. The summed E-state index contributed by atoms with van der Waals surface area (Å²) in [5.74, 6) is 0.738. The molecule has 0 bridgehead atoms. The second-order valence-electron chi connectivity index (χ2n) is 7.11. The molecule has 0 atom stereocenters. The van der Waals surface area contributed by atoms with Crippen molar-refractivity contribution in [2.75, 3.05) is 26.3 Å². The van der Waals surface area contributed by atoms with E-state index in [0.29, 0.717) is 31.5 Å². The number of rotatable bonds is 6. The lowest BCUT2D eigenvalue weighted by atomic mass is 9.96. The molecule has 2 aliphatic heterocycles. The Morgan fingerprint density at radius 2 is 1.92 bits per heavy atom. The Kier molecular flexibility index (Phi) is 5.82. The fourth-order valence-corrected chi connectivity index (χ4v) is 4.82. The Hall–Kier alpha value is -1.50. The van der Waals surface area contributed by atoms with Crippen molar-refractivity contribution >= 4 is 27.5 Å². The van der Waals surface area contributed by atoms with Crippen LogP contribution in [-0.4, -0.2) is 48.4 Å². The van der Waals surface area contributed by atoms with Crippen molar-refractivity contribution in [2.45, 2.75) is 44.8 Å². The van der Waals surface area contributed by atoms with Crippen LogP contribution in [0, 0.1) is 5.92 Å². The van der Waals surface area contributed by atoms with Crippen molar-refractivity contribution < 1.29 is 14.3 Å². The summed E-state index contributed by atoms with van der Waals surface area (Å²) < 4.78 is 12.4. The molecule has 140 valence electrons. The maximum absolute atomic E-state index is 12.4. The predicted molar refractivity (Wildman–Crippen MR) is 102 cm³/mol. The van der Waals surface area contributed by atoms with Gasteiger partial charge in [-0.3, -0.25) is 4.79 Å². The maximum Gasteiger partial charge on any atom is 0.222 e. The average molecular weight is 375 g/mol. The zero-order valence-corrected chi connectivity index (χ0v) is 15.9. The van der Waals surface area contributed by atoms with Crippen LogP contribution < -0.4 is 0 Å². The van der Waals surface area contributed by atoms with E-state index < -0.39 is 0 Å². The number of piperidine rings is 1. The number of likely N-dealkylation sites (tertiary alicyclic amines) is 1. The summed E-state index contributed by atoms with van der Waals surface area (Å²) in [5, 5.41) is 1.18. The Morgan fingerprint density at radius 3 is 2.69 bits per heavy atom. The second-order valence-corrected chi connectivity index (χ2v) is 8.23. The summed E-state index contributed by atoms with van der Waals surface area (Å²) >= 11 is 1.77. The molecule has 0 aliphatic carbocycles. The zero-order valence-electron chi connectivity index (χ0n) is 15.1. The first kappa shape index (κ1) is 17.9. The number of aryl methyl sites for hydroxylation is 1. The monoisotopic (exact) mass is 374 g/mol. The molecule has 1 aromatic heterocycles. The number of benzene rings is 1. The van der Waals surface area contributed by atoms with Gasteiger partial charge in [-0.05, 0) is 44.2 Å². The number of hydrogen-bond donors (Lipinski definition) is 0. The fraction of sp³-hybridized carbons (Fsp3) is 0.600. The van der Waals surface area contributed by atoms with Gasteiger partial charge in [0, 0.05) is 25.4 Å². The van der Waals surface area contributed by atoms with Gasteiger partial charge >= 0.3 is 0 Å². The summed E-state index contributed by atoms with van der Waals surface area (Å²) in [6, 6.07) is 8.26. The van der Waals surface area contributed by atoms with Gasteiger partial charge in [0.25, 0.3) is 0 Å². The number of hydrogen-bond acceptors (Lipinski definition) is 5. The van der Waals surface area contributed by atoms with Gasteiger partial charge in [-0.25, -0.2) is 4.98 Å². The van der Waals surface area contributed by atoms with Crippen LogP contribution in [0.5, 0.6) is 0 Å². The van der Waals surface area contributed by atoms with Crippen LogP contribution >= 0.6 is 11.3 Å². The minimum Gasteiger partial charge on any atom is -0.350 e. The average Bonchev–Trinajstić information content (AvgIpc) is 3.34. The van der Waals surface area contributed by atoms with Crippen LogP contribution in [0.2, 0.25) is 0 Å². The van der Waals surface area contributed by atoms with Gasteiger partial charge in [0.05, 0.1) is 28.4 Å². The van der Waals surface area contributed by atoms with Gasteiger partial charge in [-0.2, -0.15) is 0 Å². The summed E-state index contributed by atoms with van der Waals surface area (Å²) in [6.45, 7) is 3.09. The number of aromatic nitrogens is 1. The normalized spacial score (nSPS) is 19.5. The van der Waals surface area contributed by atoms with Crippen molar-refractivity contribution in [1.29, 1.82) is 0 Å². The molecule has 2 fully saturated rings. The predicted octanol–water partition coefficient (Wildman–Crippen LogP) is 3.62. The molecule has 1 amide bonds. The minimum atomic E-state index is -0.0407. The van der Waals surface area contributed by atoms with E-state index in [4.69, 9.17) is 9.47 Å². The highest BCUT2D eigenvalue weighted by Gasteiger charge is 2.31. The third kappa shape index (κ3) is 4.24. The molecule has 3 heterocycles. The Morgan fingerprint density at radius 1 is 1.15 bits per heavy atom. The third-order valence-electron chi connectivity index (χ3n) is 5.29. The van der Waals surface area contributed by atoms with Crippen LogP contribution in [0.1, 0.15) is 37.1 Å². The van der Waals surface area contributed by atoms with Crippen molar-refractivity contribution in [3.05, 3.63) is 29.3 Å². The molecule has 1 aromatic carbocycles. The molecular formula is C20H26N2O3S. The highest BCUT2D eigenvalue weighted by atomic mass is 32.1. The number of carbonyl (C=O) groups excluding carboxylic acids is 1. The highest BCUT2D eigenvalue weighted by molar-refractivity contribution is 7.18. The van der Waals surface area contributed by atoms with Crippen LogP contribution in [0.4, 0.5) is 0 Å². The van der Waals surface area contributed by atoms with E-state index in [0.717, 1.165) is 50.7 Å². The SMILES string of the molecule is O=C(CCCCc1nc2ccccc2s1)N1CCC(C2OCCO2)CC1. The molecule has 4 rings (SSSR count). The van der Waals surface area contributed by atoms with E-state index in [2.05, 4.69) is 23.2 Å². The molecule has 0 radical (unpaired) electrons. The first-order valence-corrected chi connectivity index (χ1v) is 10.5. The number of thiazole rings is 1. The van der Waals surface area contributed by atoms with Gasteiger partial charge in [0.2, 0.25) is 5.91 Å². The van der Waals surface area contributed by atoms with E-state index in [9.17, 15) is 4.79 Å². The number of para-hydroxylation sites is 1. The molecule has 2 aliphatic rings. The molecule has 0 N–H and O–H groups in total. The first-order chi connectivity index (χ1) is 12.8. The number of amides is 1.